The van der Waals surface area contributed by atoms with Gasteiger partial charge < -0.3 is 10.6 Å². The Kier molecular flexibility index (Phi) is 5.43. The Hall–Kier alpha value is -2.41. The average molecular weight is 312 g/mol. The summed E-state index contributed by atoms with van der Waals surface area (Å²) in [4.78, 5) is 34.0. The zero-order chi connectivity index (χ0) is 16.2. The number of halogens is 1. The number of nitrogens with zero attached hydrogens (tertiary/aromatic N) is 2. The second-order valence-electron chi connectivity index (χ2n) is 4.33. The van der Waals surface area contributed by atoms with Crippen molar-refractivity contribution in [2.24, 2.45) is 5.73 Å². The number of carbonyl (C=O) groups is 2. The number of aldehydes is 1. The van der Waals surface area contributed by atoms with Gasteiger partial charge in [0.15, 0.2) is 6.29 Å². The van der Waals surface area contributed by atoms with E-state index in [4.69, 9.17) is 17.3 Å². The van der Waals surface area contributed by atoms with Crippen molar-refractivity contribution in [2.75, 3.05) is 7.05 Å². The van der Waals surface area contributed by atoms with Gasteiger partial charge in [0.2, 0.25) is 5.91 Å². The third-order valence-corrected chi connectivity index (χ3v) is 3.32. The molecule has 0 spiro atoms. The van der Waals surface area contributed by atoms with Crippen LogP contribution in [0.2, 0.25) is 5.02 Å². The van der Waals surface area contributed by atoms with Crippen molar-refractivity contribution < 1.29 is 14.5 Å². The molecule has 8 heteroatoms. The maximum absolute atomic E-state index is 11.1. The molecule has 0 aliphatic rings. The summed E-state index contributed by atoms with van der Waals surface area (Å²) in [6, 6.07) is 2.08. The SMILES string of the molecule is C[C@H](C(N)=O)N(C)/C=C\c1c(C=O)ccc(Cl)c1[N+](=O)[O-]. The van der Waals surface area contributed by atoms with E-state index in [9.17, 15) is 19.7 Å². The molecular formula is C13H14ClN3O4. The Morgan fingerprint density at radius 3 is 2.62 bits per heavy atom. The van der Waals surface area contributed by atoms with Gasteiger partial charge in [0.1, 0.15) is 11.1 Å². The lowest BCUT2D eigenvalue weighted by molar-refractivity contribution is -0.384. The van der Waals surface area contributed by atoms with E-state index in [1.165, 1.54) is 29.3 Å². The molecule has 1 aromatic carbocycles. The largest absolute Gasteiger partial charge is 0.369 e. The van der Waals surface area contributed by atoms with E-state index in [0.29, 0.717) is 6.29 Å². The highest BCUT2D eigenvalue weighted by atomic mass is 35.5. The van der Waals surface area contributed by atoms with Gasteiger partial charge in [-0.3, -0.25) is 19.7 Å². The van der Waals surface area contributed by atoms with Crippen LogP contribution in [0.25, 0.3) is 6.08 Å². The van der Waals surface area contributed by atoms with Gasteiger partial charge in [-0.05, 0) is 25.1 Å². The molecule has 0 aromatic heterocycles. The number of primary amides is 1. The van der Waals surface area contributed by atoms with Crippen molar-refractivity contribution >= 4 is 35.6 Å². The molecule has 112 valence electrons. The maximum atomic E-state index is 11.1. The predicted molar refractivity (Wildman–Crippen MR) is 78.9 cm³/mol. The van der Waals surface area contributed by atoms with Crippen molar-refractivity contribution in [3.63, 3.8) is 0 Å². The van der Waals surface area contributed by atoms with Crippen molar-refractivity contribution in [1.82, 2.24) is 4.90 Å². The van der Waals surface area contributed by atoms with Gasteiger partial charge in [-0.1, -0.05) is 11.6 Å². The number of nitro groups is 1. The fraction of sp³-hybridized carbons (Fsp3) is 0.231. The summed E-state index contributed by atoms with van der Waals surface area (Å²) >= 11 is 5.80. The Morgan fingerprint density at radius 2 is 2.14 bits per heavy atom. The van der Waals surface area contributed by atoms with E-state index in [-0.39, 0.29) is 21.8 Å². The van der Waals surface area contributed by atoms with Crippen LogP contribution in [0.15, 0.2) is 18.3 Å². The molecule has 1 amide bonds. The molecule has 0 aliphatic heterocycles. The van der Waals surface area contributed by atoms with Crippen molar-refractivity contribution in [3.8, 4) is 0 Å². The Bertz CT molecular complexity index is 616. The molecule has 0 saturated carbocycles. The van der Waals surface area contributed by atoms with Gasteiger partial charge in [-0.2, -0.15) is 0 Å². The van der Waals surface area contributed by atoms with Crippen molar-refractivity contribution in [2.45, 2.75) is 13.0 Å². The van der Waals surface area contributed by atoms with E-state index in [0.717, 1.165) is 0 Å². The van der Waals surface area contributed by atoms with Crippen LogP contribution in [0.4, 0.5) is 5.69 Å². The quantitative estimate of drug-likeness (QED) is 0.490. The molecule has 1 rings (SSSR count). The minimum atomic E-state index is -0.660. The summed E-state index contributed by atoms with van der Waals surface area (Å²) in [6.45, 7) is 1.58. The second kappa shape index (κ2) is 6.85. The summed E-state index contributed by atoms with van der Waals surface area (Å²) in [5.41, 5.74) is 5.00. The molecular weight excluding hydrogens is 298 g/mol. The van der Waals surface area contributed by atoms with Gasteiger partial charge in [-0.15, -0.1) is 0 Å². The molecule has 0 radical (unpaired) electrons. The zero-order valence-electron chi connectivity index (χ0n) is 11.4. The van der Waals surface area contributed by atoms with Gasteiger partial charge >= 0.3 is 0 Å². The number of hydrogen-bond donors (Lipinski definition) is 1. The third-order valence-electron chi connectivity index (χ3n) is 3.01. The molecule has 0 aliphatic carbocycles. The first-order valence-corrected chi connectivity index (χ1v) is 6.29. The fourth-order valence-corrected chi connectivity index (χ4v) is 1.82. The Morgan fingerprint density at radius 1 is 1.52 bits per heavy atom. The number of carbonyl (C=O) groups excluding carboxylic acids is 2. The summed E-state index contributed by atoms with van der Waals surface area (Å²) in [5, 5.41) is 11.0. The Balaban J connectivity index is 3.29. The molecule has 0 bridgehead atoms. The molecule has 7 nitrogen and oxygen atoms in total. The number of nitro benzene ring substituents is 1. The van der Waals surface area contributed by atoms with Crippen LogP contribution in [0.1, 0.15) is 22.8 Å². The second-order valence-corrected chi connectivity index (χ2v) is 4.74. The summed E-state index contributed by atoms with van der Waals surface area (Å²) < 4.78 is 0. The minimum Gasteiger partial charge on any atom is -0.369 e. The van der Waals surface area contributed by atoms with Crippen molar-refractivity contribution in [1.29, 1.82) is 0 Å². The number of likely N-dealkylation sites (N-methyl/N-ethyl adjacent to an activating group) is 1. The zero-order valence-corrected chi connectivity index (χ0v) is 12.2. The average Bonchev–Trinajstić information content (AvgIpc) is 2.43. The van der Waals surface area contributed by atoms with E-state index in [2.05, 4.69) is 0 Å². The van der Waals surface area contributed by atoms with Gasteiger partial charge in [-0.25, -0.2) is 0 Å². The summed E-state index contributed by atoms with van der Waals surface area (Å²) in [6.07, 6.45) is 3.29. The van der Waals surface area contributed by atoms with E-state index < -0.39 is 16.9 Å². The number of rotatable bonds is 6. The molecule has 21 heavy (non-hydrogen) atoms. The smallest absolute Gasteiger partial charge is 0.295 e. The highest BCUT2D eigenvalue weighted by molar-refractivity contribution is 6.33. The predicted octanol–water partition coefficient (Wildman–Crippen LogP) is 1.84. The third kappa shape index (κ3) is 3.79. The highest BCUT2D eigenvalue weighted by Gasteiger charge is 2.21. The number of amides is 1. The minimum absolute atomic E-state index is 0.0733. The lowest BCUT2D eigenvalue weighted by atomic mass is 10.1. The molecule has 1 atom stereocenters. The summed E-state index contributed by atoms with van der Waals surface area (Å²) in [5.74, 6) is -0.543. The van der Waals surface area contributed by atoms with E-state index in [1.807, 2.05) is 0 Å². The lowest BCUT2D eigenvalue weighted by Gasteiger charge is -2.19. The van der Waals surface area contributed by atoms with Crippen molar-refractivity contribution in [3.05, 3.63) is 44.6 Å². The summed E-state index contributed by atoms with van der Waals surface area (Å²) in [7, 11) is 1.59. The monoisotopic (exact) mass is 311 g/mol. The van der Waals surface area contributed by atoms with Crippen LogP contribution < -0.4 is 5.73 Å². The number of nitrogens with two attached hydrogens (primary N) is 1. The highest BCUT2D eigenvalue weighted by Crippen LogP contribution is 2.31. The molecule has 0 fully saturated rings. The fourth-order valence-electron chi connectivity index (χ4n) is 1.58. The van der Waals surface area contributed by atoms with E-state index in [1.54, 1.807) is 14.0 Å². The van der Waals surface area contributed by atoms with Crippen LogP contribution in [0.5, 0.6) is 0 Å². The van der Waals surface area contributed by atoms with Crippen LogP contribution in [0.3, 0.4) is 0 Å². The molecule has 0 heterocycles. The molecule has 2 N–H and O–H groups in total. The molecule has 0 saturated heterocycles. The first kappa shape index (κ1) is 16.6. The Labute approximate surface area is 126 Å². The standard InChI is InChI=1S/C13H14ClN3O4/c1-8(13(15)19)16(2)6-5-10-9(7-18)3-4-11(14)12(10)17(20)21/h3-8H,1-2H3,(H2,15,19)/b6-5-/t8-/m1/s1. The first-order chi connectivity index (χ1) is 9.79. The topological polar surface area (TPSA) is 107 Å². The van der Waals surface area contributed by atoms with Crippen LogP contribution in [0, 0.1) is 10.1 Å². The van der Waals surface area contributed by atoms with Crippen LogP contribution in [-0.4, -0.2) is 35.1 Å². The van der Waals surface area contributed by atoms with Gasteiger partial charge in [0.25, 0.3) is 5.69 Å². The normalized spacial score (nSPS) is 12.1. The molecule has 1 aromatic rings. The first-order valence-electron chi connectivity index (χ1n) is 5.91. The maximum Gasteiger partial charge on any atom is 0.295 e. The van der Waals surface area contributed by atoms with Crippen LogP contribution >= 0.6 is 11.6 Å². The van der Waals surface area contributed by atoms with Gasteiger partial charge in [0, 0.05) is 18.8 Å². The van der Waals surface area contributed by atoms with Crippen LogP contribution in [-0.2, 0) is 4.79 Å². The number of benzene rings is 1. The molecule has 0 unspecified atom stereocenters. The van der Waals surface area contributed by atoms with Gasteiger partial charge in [0.05, 0.1) is 10.5 Å². The lowest BCUT2D eigenvalue weighted by Crippen LogP contribution is -2.37. The van der Waals surface area contributed by atoms with E-state index >= 15 is 0 Å². The number of hydrogen-bond acceptors (Lipinski definition) is 5.